The van der Waals surface area contributed by atoms with Gasteiger partial charge in [-0.15, -0.1) is 0 Å². The molecule has 9 heavy (non-hydrogen) atoms. The van der Waals surface area contributed by atoms with Crippen molar-refractivity contribution >= 4 is 0 Å². The zero-order valence-corrected chi connectivity index (χ0v) is 6.13. The minimum atomic E-state index is -0.623. The molecule has 0 saturated carbocycles. The first-order valence-corrected chi connectivity index (χ1v) is 3.25. The van der Waals surface area contributed by atoms with Gasteiger partial charge in [-0.25, -0.2) is 0 Å². The molecule has 1 radical (unpaired) electrons. The van der Waals surface area contributed by atoms with Gasteiger partial charge in [0.05, 0.1) is 0 Å². The lowest BCUT2D eigenvalue weighted by Crippen LogP contribution is -2.14. The van der Waals surface area contributed by atoms with Gasteiger partial charge < -0.3 is 9.84 Å². The number of hydrogen-bond donors (Lipinski definition) is 1. The van der Waals surface area contributed by atoms with E-state index in [4.69, 9.17) is 9.84 Å². The van der Waals surface area contributed by atoms with Crippen LogP contribution in [0.25, 0.3) is 0 Å². The summed E-state index contributed by atoms with van der Waals surface area (Å²) in [5.74, 6) is 0.478. The Bertz CT molecular complexity index is 61.9. The number of ether oxygens (including phenoxy) is 1. The van der Waals surface area contributed by atoms with Crippen LogP contribution >= 0.6 is 0 Å². The first kappa shape index (κ1) is 8.92. The zero-order chi connectivity index (χ0) is 7.28. The minimum Gasteiger partial charge on any atom is -0.368 e. The van der Waals surface area contributed by atoms with Gasteiger partial charge >= 0.3 is 0 Å². The highest BCUT2D eigenvalue weighted by Crippen LogP contribution is 2.04. The molecule has 1 N–H and O–H groups in total. The summed E-state index contributed by atoms with van der Waals surface area (Å²) in [5, 5.41) is 8.96. The average molecular weight is 131 g/mol. The van der Waals surface area contributed by atoms with Gasteiger partial charge in [0.25, 0.3) is 0 Å². The molecule has 0 fully saturated rings. The Labute approximate surface area is 56.8 Å². The van der Waals surface area contributed by atoms with Crippen molar-refractivity contribution in [3.05, 3.63) is 6.92 Å². The third kappa shape index (κ3) is 5.80. The molecule has 55 valence electrons. The summed E-state index contributed by atoms with van der Waals surface area (Å²) in [7, 11) is 0. The van der Waals surface area contributed by atoms with E-state index < -0.39 is 6.29 Å². The second-order valence-electron chi connectivity index (χ2n) is 2.45. The Morgan fingerprint density at radius 1 is 1.56 bits per heavy atom. The topological polar surface area (TPSA) is 29.5 Å². The van der Waals surface area contributed by atoms with E-state index in [1.54, 1.807) is 0 Å². The summed E-state index contributed by atoms with van der Waals surface area (Å²) in [5.41, 5.74) is 0. The fourth-order valence-electron chi connectivity index (χ4n) is 0.607. The van der Waals surface area contributed by atoms with Crippen LogP contribution in [0.1, 0.15) is 20.3 Å². The van der Waals surface area contributed by atoms with Crippen LogP contribution in [-0.4, -0.2) is 18.0 Å². The highest BCUT2D eigenvalue weighted by atomic mass is 16.6. The Kier molecular flexibility index (Phi) is 4.72. The van der Waals surface area contributed by atoms with Crippen molar-refractivity contribution in [1.29, 1.82) is 0 Å². The van der Waals surface area contributed by atoms with Crippen LogP contribution in [0.2, 0.25) is 0 Å². The average Bonchev–Trinajstić information content (AvgIpc) is 1.63. The maximum atomic E-state index is 8.96. The van der Waals surface area contributed by atoms with Crippen LogP contribution in [0.3, 0.4) is 0 Å². The molecular weight excluding hydrogens is 116 g/mol. The maximum absolute atomic E-state index is 8.96. The summed E-state index contributed by atoms with van der Waals surface area (Å²) < 4.78 is 4.80. The van der Waals surface area contributed by atoms with Crippen molar-refractivity contribution in [3.63, 3.8) is 0 Å². The fraction of sp³-hybridized carbons (Fsp3) is 0.857. The van der Waals surface area contributed by atoms with E-state index in [2.05, 4.69) is 6.92 Å². The first-order valence-electron chi connectivity index (χ1n) is 3.25. The van der Waals surface area contributed by atoms with Gasteiger partial charge in [-0.1, -0.05) is 13.8 Å². The summed E-state index contributed by atoms with van der Waals surface area (Å²) in [6.07, 6.45) is 0.0673. The molecule has 0 heterocycles. The number of hydrogen-bond acceptors (Lipinski definition) is 2. The fourth-order valence-corrected chi connectivity index (χ4v) is 0.607. The molecule has 0 bridgehead atoms. The molecular formula is C7H15O2. The number of aliphatic hydroxyl groups is 1. The monoisotopic (exact) mass is 131 g/mol. The quantitative estimate of drug-likeness (QED) is 0.581. The van der Waals surface area contributed by atoms with Gasteiger partial charge in [-0.05, 0) is 12.8 Å². The molecule has 0 amide bonds. The lowest BCUT2D eigenvalue weighted by molar-refractivity contribution is -0.0995. The molecule has 2 heteroatoms. The molecule has 0 aliphatic carbocycles. The molecule has 1 unspecified atom stereocenters. The van der Waals surface area contributed by atoms with Gasteiger partial charge in [0.1, 0.15) is 0 Å². The van der Waals surface area contributed by atoms with Crippen LogP contribution < -0.4 is 0 Å². The van der Waals surface area contributed by atoms with E-state index in [0.29, 0.717) is 18.9 Å². The minimum absolute atomic E-state index is 0.341. The van der Waals surface area contributed by atoms with Crippen molar-refractivity contribution in [3.8, 4) is 0 Å². The highest BCUT2D eigenvalue weighted by molar-refractivity contribution is 4.47. The number of rotatable bonds is 4. The van der Waals surface area contributed by atoms with Crippen molar-refractivity contribution in [2.24, 2.45) is 5.92 Å². The van der Waals surface area contributed by atoms with E-state index in [-0.39, 0.29) is 0 Å². The van der Waals surface area contributed by atoms with Crippen molar-refractivity contribution < 1.29 is 9.84 Å². The van der Waals surface area contributed by atoms with Gasteiger partial charge in [-0.2, -0.15) is 0 Å². The smallest absolute Gasteiger partial charge is 0.154 e. The van der Waals surface area contributed by atoms with Gasteiger partial charge in [0.15, 0.2) is 6.29 Å². The zero-order valence-electron chi connectivity index (χ0n) is 6.13. The second-order valence-corrected chi connectivity index (χ2v) is 2.45. The van der Waals surface area contributed by atoms with E-state index in [9.17, 15) is 0 Å². The molecule has 0 rings (SSSR count). The van der Waals surface area contributed by atoms with Crippen molar-refractivity contribution in [1.82, 2.24) is 0 Å². The van der Waals surface area contributed by atoms with Crippen LogP contribution in [0.15, 0.2) is 0 Å². The summed E-state index contributed by atoms with van der Waals surface area (Å²) >= 11 is 0. The third-order valence-electron chi connectivity index (χ3n) is 0.983. The molecule has 0 spiro atoms. The Balaban J connectivity index is 3.15. The van der Waals surface area contributed by atoms with Gasteiger partial charge in [-0.3, -0.25) is 0 Å². The van der Waals surface area contributed by atoms with Crippen LogP contribution in [0.4, 0.5) is 0 Å². The first-order chi connectivity index (χ1) is 4.16. The van der Waals surface area contributed by atoms with E-state index in [1.807, 2.05) is 13.8 Å². The third-order valence-corrected chi connectivity index (χ3v) is 0.983. The molecule has 0 aromatic heterocycles. The summed E-state index contributed by atoms with van der Waals surface area (Å²) in [6.45, 7) is 7.87. The predicted molar refractivity (Wildman–Crippen MR) is 36.8 cm³/mol. The largest absolute Gasteiger partial charge is 0.368 e. The van der Waals surface area contributed by atoms with E-state index in [1.165, 1.54) is 0 Å². The van der Waals surface area contributed by atoms with E-state index >= 15 is 0 Å². The molecule has 0 aromatic rings. The van der Waals surface area contributed by atoms with Gasteiger partial charge in [0.2, 0.25) is 0 Å². The van der Waals surface area contributed by atoms with Crippen LogP contribution in [0.5, 0.6) is 0 Å². The Hall–Kier alpha value is -0.0800. The molecule has 0 aliphatic rings. The predicted octanol–water partition coefficient (Wildman–Crippen LogP) is 1.20. The second kappa shape index (κ2) is 4.77. The van der Waals surface area contributed by atoms with Crippen molar-refractivity contribution in [2.45, 2.75) is 26.6 Å². The Morgan fingerprint density at radius 3 is 2.44 bits per heavy atom. The molecule has 0 aromatic carbocycles. The lowest BCUT2D eigenvalue weighted by atomic mass is 10.1. The standard InChI is InChI=1S/C7H15O2/c1-4-9-7(8)5-6(2)3/h6-8H,1,4-5H2,2-3H3. The Morgan fingerprint density at radius 2 is 2.11 bits per heavy atom. The number of aliphatic hydroxyl groups excluding tert-OH is 1. The summed E-state index contributed by atoms with van der Waals surface area (Å²) in [6, 6.07) is 0. The SMILES string of the molecule is [CH2]COC(O)CC(C)C. The van der Waals surface area contributed by atoms with Crippen LogP contribution in [0, 0.1) is 12.8 Å². The summed E-state index contributed by atoms with van der Waals surface area (Å²) in [4.78, 5) is 0. The van der Waals surface area contributed by atoms with Gasteiger partial charge in [0, 0.05) is 13.0 Å². The molecule has 1 atom stereocenters. The maximum Gasteiger partial charge on any atom is 0.154 e. The van der Waals surface area contributed by atoms with Crippen molar-refractivity contribution in [2.75, 3.05) is 6.61 Å². The molecule has 2 nitrogen and oxygen atoms in total. The highest BCUT2D eigenvalue weighted by Gasteiger charge is 2.04. The lowest BCUT2D eigenvalue weighted by Gasteiger charge is -2.11. The van der Waals surface area contributed by atoms with Crippen LogP contribution in [-0.2, 0) is 4.74 Å². The molecule has 0 aliphatic heterocycles. The molecule has 0 saturated heterocycles. The normalized spacial score (nSPS) is 14.3. The van der Waals surface area contributed by atoms with E-state index in [0.717, 1.165) is 0 Å².